The lowest BCUT2D eigenvalue weighted by atomic mass is 9.94. The molecule has 0 saturated carbocycles. The van der Waals surface area contributed by atoms with E-state index in [0.29, 0.717) is 0 Å². The van der Waals surface area contributed by atoms with Crippen molar-refractivity contribution in [3.05, 3.63) is 29.8 Å². The highest BCUT2D eigenvalue weighted by molar-refractivity contribution is 5.70. The Kier molecular flexibility index (Phi) is 3.20. The lowest BCUT2D eigenvalue weighted by molar-refractivity contribution is -0.00559. The fourth-order valence-electron chi connectivity index (χ4n) is 2.06. The van der Waals surface area contributed by atoms with Crippen molar-refractivity contribution in [1.82, 2.24) is 4.90 Å². The number of benzene rings is 1. The number of hydrogen-bond acceptors (Lipinski definition) is 3. The monoisotopic (exact) mass is 248 g/mol. The molecule has 4 heteroatoms. The molecule has 18 heavy (non-hydrogen) atoms. The second-order valence-electron chi connectivity index (χ2n) is 5.61. The highest BCUT2D eigenvalue weighted by atomic mass is 16.6. The number of likely N-dealkylation sites (tertiary alicyclic amines) is 1. The van der Waals surface area contributed by atoms with Gasteiger partial charge >= 0.3 is 6.09 Å². The Morgan fingerprint density at radius 1 is 1.39 bits per heavy atom. The molecular formula is C14H20N2O2. The number of hydrogen-bond donors (Lipinski definition) is 1. The van der Waals surface area contributed by atoms with Crippen molar-refractivity contribution < 1.29 is 9.53 Å². The second kappa shape index (κ2) is 4.52. The molecule has 0 bridgehead atoms. The molecule has 0 radical (unpaired) electrons. The molecule has 98 valence electrons. The van der Waals surface area contributed by atoms with E-state index in [4.69, 9.17) is 10.5 Å². The van der Waals surface area contributed by atoms with Crippen LogP contribution in [0.3, 0.4) is 0 Å². The van der Waals surface area contributed by atoms with Gasteiger partial charge in [-0.15, -0.1) is 0 Å². The third kappa shape index (κ3) is 2.58. The zero-order valence-corrected chi connectivity index (χ0v) is 11.1. The number of nitrogens with two attached hydrogens (primary N) is 1. The van der Waals surface area contributed by atoms with E-state index >= 15 is 0 Å². The van der Waals surface area contributed by atoms with Crippen LogP contribution in [0.5, 0.6) is 0 Å². The van der Waals surface area contributed by atoms with E-state index in [1.54, 1.807) is 4.90 Å². The zero-order chi connectivity index (χ0) is 13.3. The number of ether oxygens (including phenoxy) is 1. The lowest BCUT2D eigenvalue weighted by Gasteiger charge is -2.42. The van der Waals surface area contributed by atoms with Crippen LogP contribution in [-0.2, 0) is 4.74 Å². The molecule has 1 fully saturated rings. The maximum Gasteiger partial charge on any atom is 0.410 e. The Morgan fingerprint density at radius 3 is 2.56 bits per heavy atom. The van der Waals surface area contributed by atoms with Crippen molar-refractivity contribution in [2.24, 2.45) is 0 Å². The van der Waals surface area contributed by atoms with Crippen LogP contribution in [0.2, 0.25) is 0 Å². The van der Waals surface area contributed by atoms with Gasteiger partial charge in [0.2, 0.25) is 0 Å². The predicted molar refractivity (Wildman–Crippen MR) is 71.2 cm³/mol. The van der Waals surface area contributed by atoms with E-state index in [-0.39, 0.29) is 12.1 Å². The summed E-state index contributed by atoms with van der Waals surface area (Å²) in [5.41, 5.74) is 7.22. The van der Waals surface area contributed by atoms with Crippen LogP contribution in [0, 0.1) is 0 Å². The molecule has 0 aromatic heterocycles. The Balaban J connectivity index is 2.09. The second-order valence-corrected chi connectivity index (χ2v) is 5.61. The normalized spacial score (nSPS) is 19.3. The van der Waals surface area contributed by atoms with Crippen LogP contribution in [0.4, 0.5) is 10.5 Å². The van der Waals surface area contributed by atoms with E-state index in [9.17, 15) is 4.79 Å². The van der Waals surface area contributed by atoms with Gasteiger partial charge in [-0.25, -0.2) is 4.79 Å². The van der Waals surface area contributed by atoms with Crippen LogP contribution < -0.4 is 5.73 Å². The molecule has 1 aliphatic rings. The van der Waals surface area contributed by atoms with Gasteiger partial charge in [0.1, 0.15) is 5.60 Å². The summed E-state index contributed by atoms with van der Waals surface area (Å²) in [4.78, 5) is 13.7. The Morgan fingerprint density at radius 2 is 2.06 bits per heavy atom. The highest BCUT2D eigenvalue weighted by Gasteiger charge is 2.36. The minimum absolute atomic E-state index is 0.0565. The van der Waals surface area contributed by atoms with Gasteiger partial charge in [0.05, 0.1) is 6.04 Å². The topological polar surface area (TPSA) is 55.6 Å². The molecule has 1 atom stereocenters. The van der Waals surface area contributed by atoms with E-state index in [0.717, 1.165) is 24.2 Å². The molecular weight excluding hydrogens is 228 g/mol. The molecule has 0 spiro atoms. The van der Waals surface area contributed by atoms with Crippen molar-refractivity contribution in [3.8, 4) is 0 Å². The van der Waals surface area contributed by atoms with Gasteiger partial charge in [0.15, 0.2) is 0 Å². The number of rotatable bonds is 1. The van der Waals surface area contributed by atoms with E-state index < -0.39 is 5.60 Å². The maximum atomic E-state index is 12.0. The van der Waals surface area contributed by atoms with E-state index in [1.165, 1.54) is 0 Å². The van der Waals surface area contributed by atoms with Gasteiger partial charge in [-0.3, -0.25) is 0 Å². The van der Waals surface area contributed by atoms with Crippen molar-refractivity contribution in [2.45, 2.75) is 38.8 Å². The van der Waals surface area contributed by atoms with E-state index in [1.807, 2.05) is 45.0 Å². The fraction of sp³-hybridized carbons (Fsp3) is 0.500. The first-order valence-corrected chi connectivity index (χ1v) is 6.22. The number of anilines is 1. The van der Waals surface area contributed by atoms with Crippen LogP contribution in [0.25, 0.3) is 0 Å². The van der Waals surface area contributed by atoms with Gasteiger partial charge in [-0.1, -0.05) is 18.2 Å². The minimum Gasteiger partial charge on any atom is -0.444 e. The number of amides is 1. The van der Waals surface area contributed by atoms with Gasteiger partial charge in [-0.2, -0.15) is 0 Å². The molecule has 1 heterocycles. The molecule has 1 saturated heterocycles. The quantitative estimate of drug-likeness (QED) is 0.777. The average molecular weight is 248 g/mol. The van der Waals surface area contributed by atoms with Crippen molar-refractivity contribution in [1.29, 1.82) is 0 Å². The summed E-state index contributed by atoms with van der Waals surface area (Å²) in [6, 6.07) is 7.73. The molecule has 1 amide bonds. The van der Waals surface area contributed by atoms with Crippen LogP contribution in [0.1, 0.15) is 38.8 Å². The van der Waals surface area contributed by atoms with Crippen molar-refractivity contribution in [2.75, 3.05) is 12.3 Å². The van der Waals surface area contributed by atoms with Crippen LogP contribution in [0.15, 0.2) is 24.3 Å². The van der Waals surface area contributed by atoms with Gasteiger partial charge in [-0.05, 0) is 38.8 Å². The number of nitrogens with zero attached hydrogens (tertiary/aromatic N) is 1. The van der Waals surface area contributed by atoms with Gasteiger partial charge < -0.3 is 15.4 Å². The molecule has 0 aliphatic carbocycles. The highest BCUT2D eigenvalue weighted by Crippen LogP contribution is 2.36. The molecule has 1 unspecified atom stereocenters. The Labute approximate surface area is 108 Å². The fourth-order valence-corrected chi connectivity index (χ4v) is 2.06. The summed E-state index contributed by atoms with van der Waals surface area (Å²) >= 11 is 0. The predicted octanol–water partition coefficient (Wildman–Crippen LogP) is 2.95. The third-order valence-corrected chi connectivity index (χ3v) is 3.00. The zero-order valence-electron chi connectivity index (χ0n) is 11.1. The molecule has 1 aromatic rings. The number of para-hydroxylation sites is 1. The SMILES string of the molecule is CC(C)(C)OC(=O)N1CCC1c1ccccc1N. The Bertz CT molecular complexity index is 451. The average Bonchev–Trinajstić information content (AvgIpc) is 2.16. The maximum absolute atomic E-state index is 12.0. The molecule has 1 aliphatic heterocycles. The summed E-state index contributed by atoms with van der Waals surface area (Å²) in [5, 5.41) is 0. The number of carbonyl (C=O) groups is 1. The minimum atomic E-state index is -0.459. The molecule has 2 N–H and O–H groups in total. The summed E-state index contributed by atoms with van der Waals surface area (Å²) in [5.74, 6) is 0. The Hall–Kier alpha value is -1.71. The third-order valence-electron chi connectivity index (χ3n) is 3.00. The van der Waals surface area contributed by atoms with Crippen LogP contribution in [-0.4, -0.2) is 23.1 Å². The van der Waals surface area contributed by atoms with Crippen LogP contribution >= 0.6 is 0 Å². The standard InChI is InChI=1S/C14H20N2O2/c1-14(2,3)18-13(17)16-9-8-12(16)10-6-4-5-7-11(10)15/h4-7,12H,8-9,15H2,1-3H3. The number of carbonyl (C=O) groups excluding carboxylic acids is 1. The first-order chi connectivity index (χ1) is 8.38. The summed E-state index contributed by atoms with van der Waals surface area (Å²) in [7, 11) is 0. The first kappa shape index (κ1) is 12.7. The number of nitrogen functional groups attached to an aromatic ring is 1. The van der Waals surface area contributed by atoms with E-state index in [2.05, 4.69) is 0 Å². The molecule has 1 aromatic carbocycles. The lowest BCUT2D eigenvalue weighted by Crippen LogP contribution is -2.47. The summed E-state index contributed by atoms with van der Waals surface area (Å²) in [6.07, 6.45) is 0.676. The van der Waals surface area contributed by atoms with Gasteiger partial charge in [0.25, 0.3) is 0 Å². The molecule has 2 rings (SSSR count). The summed E-state index contributed by atoms with van der Waals surface area (Å²) in [6.45, 7) is 6.34. The van der Waals surface area contributed by atoms with Gasteiger partial charge in [0, 0.05) is 12.2 Å². The van der Waals surface area contributed by atoms with Crippen molar-refractivity contribution >= 4 is 11.8 Å². The summed E-state index contributed by atoms with van der Waals surface area (Å²) < 4.78 is 5.38. The first-order valence-electron chi connectivity index (χ1n) is 6.22. The largest absolute Gasteiger partial charge is 0.444 e. The van der Waals surface area contributed by atoms with Crippen molar-refractivity contribution in [3.63, 3.8) is 0 Å². The smallest absolute Gasteiger partial charge is 0.410 e. The molecule has 4 nitrogen and oxygen atoms in total.